The molecule has 2 unspecified atom stereocenters. The second-order valence-corrected chi connectivity index (χ2v) is 6.40. The lowest BCUT2D eigenvalue weighted by atomic mass is 9.97. The highest BCUT2D eigenvalue weighted by Gasteiger charge is 2.31. The molecule has 1 saturated carbocycles. The van der Waals surface area contributed by atoms with Gasteiger partial charge in [-0.2, -0.15) is 0 Å². The molecular weight excluding hydrogens is 238 g/mol. The molecule has 112 valence electrons. The second kappa shape index (κ2) is 7.85. The number of nitrogens with two attached hydrogens (primary N) is 1. The van der Waals surface area contributed by atoms with E-state index in [4.69, 9.17) is 5.84 Å². The van der Waals surface area contributed by atoms with Crippen LogP contribution in [0.2, 0.25) is 0 Å². The van der Waals surface area contributed by atoms with Crippen molar-refractivity contribution in [2.24, 2.45) is 17.7 Å². The van der Waals surface area contributed by atoms with E-state index >= 15 is 0 Å². The Morgan fingerprint density at radius 1 is 1.26 bits per heavy atom. The van der Waals surface area contributed by atoms with Crippen LogP contribution < -0.4 is 11.3 Å². The maximum Gasteiger partial charge on any atom is 0.238 e. The molecule has 3 N–H and O–H groups in total. The monoisotopic (exact) mass is 269 g/mol. The van der Waals surface area contributed by atoms with Gasteiger partial charge in [-0.15, -0.1) is 0 Å². The number of amides is 1. The van der Waals surface area contributed by atoms with Crippen LogP contribution in [0.4, 0.5) is 0 Å². The summed E-state index contributed by atoms with van der Waals surface area (Å²) in [5.41, 5.74) is 2.29. The fourth-order valence-electron chi connectivity index (χ4n) is 3.00. The SMILES string of the molecule is CC(C)CCN(C1CCCC1)C(C)C(C)C(=O)NN. The predicted molar refractivity (Wildman–Crippen MR) is 79.4 cm³/mol. The molecule has 0 aromatic heterocycles. The number of nitrogens with one attached hydrogen (secondary N) is 1. The Morgan fingerprint density at radius 2 is 1.84 bits per heavy atom. The molecule has 1 amide bonds. The zero-order valence-corrected chi connectivity index (χ0v) is 13.0. The Hall–Kier alpha value is -0.610. The van der Waals surface area contributed by atoms with Crippen molar-refractivity contribution in [3.05, 3.63) is 0 Å². The summed E-state index contributed by atoms with van der Waals surface area (Å²) in [7, 11) is 0. The van der Waals surface area contributed by atoms with Crippen LogP contribution in [0.3, 0.4) is 0 Å². The van der Waals surface area contributed by atoms with Crippen LogP contribution in [0.15, 0.2) is 0 Å². The van der Waals surface area contributed by atoms with Crippen molar-refractivity contribution < 1.29 is 4.79 Å². The van der Waals surface area contributed by atoms with E-state index in [2.05, 4.69) is 31.1 Å². The van der Waals surface area contributed by atoms with Gasteiger partial charge in [-0.05, 0) is 38.6 Å². The highest BCUT2D eigenvalue weighted by Crippen LogP contribution is 2.27. The molecule has 0 radical (unpaired) electrons. The maximum atomic E-state index is 11.7. The normalized spacial score (nSPS) is 19.9. The number of hydrogen-bond acceptors (Lipinski definition) is 3. The minimum absolute atomic E-state index is 0.0555. The van der Waals surface area contributed by atoms with Gasteiger partial charge in [0.1, 0.15) is 0 Å². The smallest absolute Gasteiger partial charge is 0.238 e. The molecule has 1 fully saturated rings. The van der Waals surface area contributed by atoms with Crippen LogP contribution >= 0.6 is 0 Å². The lowest BCUT2D eigenvalue weighted by Gasteiger charge is -2.37. The van der Waals surface area contributed by atoms with Gasteiger partial charge in [0.05, 0.1) is 5.92 Å². The fourth-order valence-corrected chi connectivity index (χ4v) is 3.00. The molecular formula is C15H31N3O. The summed E-state index contributed by atoms with van der Waals surface area (Å²) in [6, 6.07) is 0.909. The van der Waals surface area contributed by atoms with E-state index in [-0.39, 0.29) is 17.9 Å². The van der Waals surface area contributed by atoms with Crippen molar-refractivity contribution in [3.8, 4) is 0 Å². The van der Waals surface area contributed by atoms with Gasteiger partial charge in [0.2, 0.25) is 5.91 Å². The van der Waals surface area contributed by atoms with E-state index in [1.165, 1.54) is 32.1 Å². The predicted octanol–water partition coefficient (Wildman–Crippen LogP) is 2.29. The van der Waals surface area contributed by atoms with Gasteiger partial charge in [0, 0.05) is 12.1 Å². The lowest BCUT2D eigenvalue weighted by Crippen LogP contribution is -2.49. The Morgan fingerprint density at radius 3 is 2.32 bits per heavy atom. The number of hydrogen-bond donors (Lipinski definition) is 2. The first-order valence-electron chi connectivity index (χ1n) is 7.73. The minimum atomic E-state index is -0.0576. The van der Waals surface area contributed by atoms with Crippen molar-refractivity contribution in [2.45, 2.75) is 71.9 Å². The number of carbonyl (C=O) groups is 1. The number of carbonyl (C=O) groups excluding carboxylic acids is 1. The molecule has 0 aromatic carbocycles. The van der Waals surface area contributed by atoms with Gasteiger partial charge in [0.25, 0.3) is 0 Å². The van der Waals surface area contributed by atoms with Crippen molar-refractivity contribution in [1.82, 2.24) is 10.3 Å². The minimum Gasteiger partial charge on any atom is -0.297 e. The number of hydrazine groups is 1. The summed E-state index contributed by atoms with van der Waals surface area (Å²) in [5, 5.41) is 0. The largest absolute Gasteiger partial charge is 0.297 e. The maximum absolute atomic E-state index is 11.7. The Kier molecular flexibility index (Phi) is 6.80. The summed E-state index contributed by atoms with van der Waals surface area (Å²) in [6.45, 7) is 9.75. The van der Waals surface area contributed by atoms with Gasteiger partial charge < -0.3 is 0 Å². The van der Waals surface area contributed by atoms with E-state index in [0.29, 0.717) is 12.0 Å². The van der Waals surface area contributed by atoms with Crippen molar-refractivity contribution in [1.29, 1.82) is 0 Å². The molecule has 1 aliphatic carbocycles. The molecule has 4 nitrogen and oxygen atoms in total. The zero-order chi connectivity index (χ0) is 14.4. The molecule has 0 saturated heterocycles. The number of nitrogens with zero attached hydrogens (tertiary/aromatic N) is 1. The van der Waals surface area contributed by atoms with Crippen LogP contribution in [-0.4, -0.2) is 29.4 Å². The Bertz CT molecular complexity index is 275. The molecule has 1 rings (SSSR count). The standard InChI is InChI=1S/C15H31N3O/c1-11(2)9-10-18(14-7-5-6-8-14)13(4)12(3)15(19)17-16/h11-14H,5-10,16H2,1-4H3,(H,17,19). The van der Waals surface area contributed by atoms with Gasteiger partial charge in [0.15, 0.2) is 0 Å². The first kappa shape index (κ1) is 16.4. The van der Waals surface area contributed by atoms with Crippen molar-refractivity contribution >= 4 is 5.91 Å². The average molecular weight is 269 g/mol. The zero-order valence-electron chi connectivity index (χ0n) is 13.0. The number of rotatable bonds is 7. The summed E-state index contributed by atoms with van der Waals surface area (Å²) in [6.07, 6.45) is 6.40. The van der Waals surface area contributed by atoms with Crippen LogP contribution in [-0.2, 0) is 4.79 Å². The first-order valence-corrected chi connectivity index (χ1v) is 7.73. The lowest BCUT2D eigenvalue weighted by molar-refractivity contribution is -0.126. The second-order valence-electron chi connectivity index (χ2n) is 6.40. The fraction of sp³-hybridized carbons (Fsp3) is 0.933. The quantitative estimate of drug-likeness (QED) is 0.423. The topological polar surface area (TPSA) is 58.4 Å². The molecule has 0 spiro atoms. The molecule has 4 heteroatoms. The third-order valence-electron chi connectivity index (χ3n) is 4.56. The molecule has 0 aliphatic heterocycles. The van der Waals surface area contributed by atoms with E-state index in [1.54, 1.807) is 0 Å². The molecule has 1 aliphatic rings. The van der Waals surface area contributed by atoms with E-state index < -0.39 is 0 Å². The average Bonchev–Trinajstić information content (AvgIpc) is 2.90. The summed E-state index contributed by atoms with van der Waals surface area (Å²) in [4.78, 5) is 14.3. The third kappa shape index (κ3) is 4.77. The van der Waals surface area contributed by atoms with Crippen LogP contribution in [0, 0.1) is 11.8 Å². The third-order valence-corrected chi connectivity index (χ3v) is 4.56. The van der Waals surface area contributed by atoms with E-state index in [9.17, 15) is 4.79 Å². The van der Waals surface area contributed by atoms with Crippen LogP contribution in [0.25, 0.3) is 0 Å². The Labute approximate surface area is 118 Å². The molecule has 0 aromatic rings. The highest BCUT2D eigenvalue weighted by atomic mass is 16.2. The van der Waals surface area contributed by atoms with E-state index in [0.717, 1.165) is 6.54 Å². The van der Waals surface area contributed by atoms with E-state index in [1.807, 2.05) is 6.92 Å². The summed E-state index contributed by atoms with van der Waals surface area (Å²) < 4.78 is 0. The molecule has 0 bridgehead atoms. The first-order chi connectivity index (χ1) is 8.97. The summed E-state index contributed by atoms with van der Waals surface area (Å²) >= 11 is 0. The van der Waals surface area contributed by atoms with Crippen molar-refractivity contribution in [3.63, 3.8) is 0 Å². The van der Waals surface area contributed by atoms with Crippen LogP contribution in [0.1, 0.15) is 59.8 Å². The van der Waals surface area contributed by atoms with Gasteiger partial charge >= 0.3 is 0 Å². The molecule has 19 heavy (non-hydrogen) atoms. The molecule has 2 atom stereocenters. The van der Waals surface area contributed by atoms with Crippen LogP contribution in [0.5, 0.6) is 0 Å². The van der Waals surface area contributed by atoms with Gasteiger partial charge in [-0.1, -0.05) is 33.6 Å². The molecule has 0 heterocycles. The van der Waals surface area contributed by atoms with Gasteiger partial charge in [-0.25, -0.2) is 5.84 Å². The Balaban J connectivity index is 2.67. The highest BCUT2D eigenvalue weighted by molar-refractivity contribution is 5.78. The summed E-state index contributed by atoms with van der Waals surface area (Å²) in [5.74, 6) is 5.86. The van der Waals surface area contributed by atoms with Gasteiger partial charge in [-0.3, -0.25) is 15.1 Å². The van der Waals surface area contributed by atoms with Crippen molar-refractivity contribution in [2.75, 3.05) is 6.54 Å².